The molecule has 1 aromatic rings. The Labute approximate surface area is 109 Å². The number of nitrogens with two attached hydrogens (primary N) is 1. The Hall–Kier alpha value is -1.39. The Morgan fingerprint density at radius 3 is 2.50 bits per heavy atom. The second-order valence-electron chi connectivity index (χ2n) is 4.72. The fraction of sp³-hybridized carbons (Fsp3) is 0.500. The largest absolute Gasteiger partial charge is 0.299 e. The van der Waals surface area contributed by atoms with Gasteiger partial charge in [-0.05, 0) is 38.1 Å². The van der Waals surface area contributed by atoms with Gasteiger partial charge in [-0.25, -0.2) is 5.84 Å². The topological polar surface area (TPSA) is 58.4 Å². The van der Waals surface area contributed by atoms with Crippen LogP contribution in [0.25, 0.3) is 0 Å². The summed E-state index contributed by atoms with van der Waals surface area (Å²) in [6.45, 7) is 5.33. The van der Waals surface area contributed by atoms with Gasteiger partial charge < -0.3 is 0 Å². The summed E-state index contributed by atoms with van der Waals surface area (Å²) in [7, 11) is 2.13. The van der Waals surface area contributed by atoms with E-state index in [-0.39, 0.29) is 5.91 Å². The molecule has 0 radical (unpaired) electrons. The molecule has 0 fully saturated rings. The number of benzene rings is 1. The molecule has 0 aromatic heterocycles. The van der Waals surface area contributed by atoms with Crippen molar-refractivity contribution in [3.05, 3.63) is 35.4 Å². The average Bonchev–Trinajstić information content (AvgIpc) is 2.39. The molecule has 0 spiro atoms. The second-order valence-corrected chi connectivity index (χ2v) is 4.72. The van der Waals surface area contributed by atoms with Crippen LogP contribution in [0.2, 0.25) is 0 Å². The van der Waals surface area contributed by atoms with E-state index in [1.807, 2.05) is 12.1 Å². The fourth-order valence-electron chi connectivity index (χ4n) is 1.93. The number of rotatable bonds is 6. The van der Waals surface area contributed by atoms with Gasteiger partial charge in [-0.3, -0.25) is 15.1 Å². The molecular formula is C14H23N3O. The van der Waals surface area contributed by atoms with Gasteiger partial charge in [0.25, 0.3) is 5.91 Å². The highest BCUT2D eigenvalue weighted by atomic mass is 16.2. The third-order valence-electron chi connectivity index (χ3n) is 3.24. The minimum atomic E-state index is -0.255. The van der Waals surface area contributed by atoms with Crippen molar-refractivity contribution in [3.63, 3.8) is 0 Å². The maximum Gasteiger partial charge on any atom is 0.265 e. The maximum absolute atomic E-state index is 11.3. The maximum atomic E-state index is 11.3. The van der Waals surface area contributed by atoms with Gasteiger partial charge in [-0.2, -0.15) is 0 Å². The van der Waals surface area contributed by atoms with Crippen molar-refractivity contribution >= 4 is 5.91 Å². The van der Waals surface area contributed by atoms with Crippen molar-refractivity contribution in [2.75, 3.05) is 7.05 Å². The van der Waals surface area contributed by atoms with Gasteiger partial charge in [0.15, 0.2) is 0 Å². The van der Waals surface area contributed by atoms with Gasteiger partial charge in [0.1, 0.15) is 0 Å². The van der Waals surface area contributed by atoms with Crippen molar-refractivity contribution in [2.45, 2.75) is 39.3 Å². The molecule has 1 aromatic carbocycles. The lowest BCUT2D eigenvalue weighted by molar-refractivity contribution is 0.0953. The number of nitrogens with one attached hydrogen (secondary N) is 1. The van der Waals surface area contributed by atoms with Crippen LogP contribution in [0.5, 0.6) is 0 Å². The lowest BCUT2D eigenvalue weighted by Gasteiger charge is -2.24. The first-order valence-electron chi connectivity index (χ1n) is 6.38. The molecule has 100 valence electrons. The van der Waals surface area contributed by atoms with Crippen molar-refractivity contribution < 1.29 is 4.79 Å². The van der Waals surface area contributed by atoms with Crippen LogP contribution < -0.4 is 11.3 Å². The first kappa shape index (κ1) is 14.7. The zero-order valence-corrected chi connectivity index (χ0v) is 11.4. The van der Waals surface area contributed by atoms with E-state index in [0.717, 1.165) is 6.54 Å². The van der Waals surface area contributed by atoms with Gasteiger partial charge in [-0.15, -0.1) is 0 Å². The zero-order valence-electron chi connectivity index (χ0n) is 11.4. The molecule has 18 heavy (non-hydrogen) atoms. The summed E-state index contributed by atoms with van der Waals surface area (Å²) in [5.41, 5.74) is 3.92. The highest BCUT2D eigenvalue weighted by molar-refractivity contribution is 5.93. The molecule has 1 rings (SSSR count). The number of hydrogen-bond acceptors (Lipinski definition) is 3. The molecule has 3 N–H and O–H groups in total. The van der Waals surface area contributed by atoms with Crippen molar-refractivity contribution in [3.8, 4) is 0 Å². The first-order chi connectivity index (χ1) is 8.58. The van der Waals surface area contributed by atoms with Crippen LogP contribution in [0.1, 0.15) is 42.6 Å². The summed E-state index contributed by atoms with van der Waals surface area (Å²) in [6, 6.07) is 8.12. The van der Waals surface area contributed by atoms with Crippen molar-refractivity contribution in [1.29, 1.82) is 0 Å². The number of carbonyl (C=O) groups is 1. The Morgan fingerprint density at radius 1 is 1.39 bits per heavy atom. The third kappa shape index (κ3) is 4.13. The number of nitrogen functional groups attached to an aromatic ring is 1. The summed E-state index contributed by atoms with van der Waals surface area (Å²) in [5.74, 6) is 4.83. The van der Waals surface area contributed by atoms with Crippen molar-refractivity contribution in [1.82, 2.24) is 10.3 Å². The van der Waals surface area contributed by atoms with E-state index in [0.29, 0.717) is 11.6 Å². The van der Waals surface area contributed by atoms with Gasteiger partial charge in [0.05, 0.1) is 0 Å². The monoisotopic (exact) mass is 249 g/mol. The summed E-state index contributed by atoms with van der Waals surface area (Å²) in [5, 5.41) is 0. The number of carbonyl (C=O) groups excluding carboxylic acids is 1. The summed E-state index contributed by atoms with van der Waals surface area (Å²) < 4.78 is 0. The molecule has 1 atom stereocenters. The molecule has 0 saturated carbocycles. The Morgan fingerprint density at radius 2 is 2.00 bits per heavy atom. The third-order valence-corrected chi connectivity index (χ3v) is 3.24. The van der Waals surface area contributed by atoms with Crippen LogP contribution in [0.3, 0.4) is 0 Å². The second kappa shape index (κ2) is 7.13. The van der Waals surface area contributed by atoms with Gasteiger partial charge >= 0.3 is 0 Å². The van der Waals surface area contributed by atoms with Crippen LogP contribution in [0, 0.1) is 0 Å². The summed E-state index contributed by atoms with van der Waals surface area (Å²) in [4.78, 5) is 13.6. The Bertz CT molecular complexity index is 375. The van der Waals surface area contributed by atoms with E-state index in [1.54, 1.807) is 12.1 Å². The van der Waals surface area contributed by atoms with Gasteiger partial charge in [-0.1, -0.05) is 25.5 Å². The van der Waals surface area contributed by atoms with E-state index in [2.05, 4.69) is 31.2 Å². The van der Waals surface area contributed by atoms with Gasteiger partial charge in [0, 0.05) is 18.2 Å². The quantitative estimate of drug-likeness (QED) is 0.460. The number of nitrogens with zero attached hydrogens (tertiary/aromatic N) is 1. The molecule has 1 unspecified atom stereocenters. The summed E-state index contributed by atoms with van der Waals surface area (Å²) in [6.07, 6.45) is 2.39. The SMILES string of the molecule is CCCC(C)N(C)Cc1ccc(C(=O)NN)cc1. The lowest BCUT2D eigenvalue weighted by Crippen LogP contribution is -2.30. The van der Waals surface area contributed by atoms with E-state index in [9.17, 15) is 4.79 Å². The highest BCUT2D eigenvalue weighted by Crippen LogP contribution is 2.11. The normalized spacial score (nSPS) is 12.5. The fourth-order valence-corrected chi connectivity index (χ4v) is 1.93. The lowest BCUT2D eigenvalue weighted by atomic mass is 10.1. The standard InChI is InChI=1S/C14H23N3O/c1-4-5-11(2)17(3)10-12-6-8-13(9-7-12)14(18)16-15/h6-9,11H,4-5,10,15H2,1-3H3,(H,16,18). The highest BCUT2D eigenvalue weighted by Gasteiger charge is 2.09. The average molecular weight is 249 g/mol. The molecule has 0 aliphatic rings. The van der Waals surface area contributed by atoms with Crippen LogP contribution in [0.4, 0.5) is 0 Å². The molecule has 0 aliphatic carbocycles. The molecule has 0 saturated heterocycles. The van der Waals surface area contributed by atoms with Crippen LogP contribution in [-0.4, -0.2) is 23.9 Å². The minimum Gasteiger partial charge on any atom is -0.299 e. The van der Waals surface area contributed by atoms with Crippen LogP contribution in [-0.2, 0) is 6.54 Å². The van der Waals surface area contributed by atoms with Crippen molar-refractivity contribution in [2.24, 2.45) is 5.84 Å². The van der Waals surface area contributed by atoms with E-state index in [1.165, 1.54) is 18.4 Å². The smallest absolute Gasteiger partial charge is 0.265 e. The number of amides is 1. The molecular weight excluding hydrogens is 226 g/mol. The van der Waals surface area contributed by atoms with E-state index < -0.39 is 0 Å². The molecule has 0 aliphatic heterocycles. The Kier molecular flexibility index (Phi) is 5.82. The molecule has 4 nitrogen and oxygen atoms in total. The molecule has 0 bridgehead atoms. The van der Waals surface area contributed by atoms with E-state index in [4.69, 9.17) is 5.84 Å². The number of hydrogen-bond donors (Lipinski definition) is 2. The molecule has 0 heterocycles. The Balaban J connectivity index is 2.60. The van der Waals surface area contributed by atoms with Gasteiger partial charge in [0.2, 0.25) is 0 Å². The molecule has 1 amide bonds. The van der Waals surface area contributed by atoms with Crippen LogP contribution >= 0.6 is 0 Å². The first-order valence-corrected chi connectivity index (χ1v) is 6.38. The predicted molar refractivity (Wildman–Crippen MR) is 73.9 cm³/mol. The molecule has 4 heteroatoms. The predicted octanol–water partition coefficient (Wildman–Crippen LogP) is 1.91. The minimum absolute atomic E-state index is 0.255. The van der Waals surface area contributed by atoms with E-state index >= 15 is 0 Å². The van der Waals surface area contributed by atoms with Crippen LogP contribution in [0.15, 0.2) is 24.3 Å². The zero-order chi connectivity index (χ0) is 13.5. The number of hydrazine groups is 1. The summed E-state index contributed by atoms with van der Waals surface area (Å²) >= 11 is 0.